The fraction of sp³-hybridized carbons (Fsp3) is 0.364. The van der Waals surface area contributed by atoms with Crippen LogP contribution in [0.2, 0.25) is 0 Å². The summed E-state index contributed by atoms with van der Waals surface area (Å²) < 4.78 is 15.9. The maximum atomic E-state index is 12.0. The molecule has 1 spiro atoms. The van der Waals surface area contributed by atoms with Crippen LogP contribution in [-0.2, 0) is 20.1 Å². The molecule has 0 saturated carbocycles. The highest BCUT2D eigenvalue weighted by Crippen LogP contribution is 2.46. The zero-order valence-corrected chi connectivity index (χ0v) is 9.61. The van der Waals surface area contributed by atoms with E-state index in [9.17, 15) is 9.70 Å². The second-order valence-electron chi connectivity index (χ2n) is 3.97. The van der Waals surface area contributed by atoms with E-state index in [0.29, 0.717) is 30.2 Å². The Labute approximate surface area is 102 Å². The number of fused-ring (bicyclic) bond motifs is 2. The Morgan fingerprint density at radius 2 is 2.11 bits per heavy atom. The van der Waals surface area contributed by atoms with Crippen molar-refractivity contribution in [2.24, 2.45) is 0 Å². The fourth-order valence-electron chi connectivity index (χ4n) is 2.23. The SMILES string of the molecule is COc1cc([NH+]=O)c2c(c1)C1(OCCO1)C(=O)N2. The molecule has 0 aromatic heterocycles. The third-order valence-corrected chi connectivity index (χ3v) is 3.04. The van der Waals surface area contributed by atoms with Crippen LogP contribution in [0.1, 0.15) is 5.56 Å². The number of anilines is 1. The van der Waals surface area contributed by atoms with Gasteiger partial charge in [0.2, 0.25) is 0 Å². The van der Waals surface area contributed by atoms with Crippen LogP contribution in [0.4, 0.5) is 11.4 Å². The number of ether oxygens (including phenoxy) is 3. The molecule has 0 unspecified atom stereocenters. The van der Waals surface area contributed by atoms with Crippen LogP contribution in [-0.4, -0.2) is 26.2 Å². The predicted octanol–water partition coefficient (Wildman–Crippen LogP) is -0.675. The summed E-state index contributed by atoms with van der Waals surface area (Å²) in [5.74, 6) is -1.43. The Hall–Kier alpha value is -1.99. The van der Waals surface area contributed by atoms with Gasteiger partial charge in [0.1, 0.15) is 11.4 Å². The Balaban J connectivity index is 2.23. The van der Waals surface area contributed by atoms with E-state index in [1.165, 1.54) is 13.2 Å². The van der Waals surface area contributed by atoms with Gasteiger partial charge in [0.05, 0.1) is 32.0 Å². The minimum absolute atomic E-state index is 0.216. The van der Waals surface area contributed by atoms with E-state index in [0.717, 1.165) is 0 Å². The first-order valence-electron chi connectivity index (χ1n) is 5.41. The third-order valence-electron chi connectivity index (χ3n) is 3.04. The molecule has 18 heavy (non-hydrogen) atoms. The average Bonchev–Trinajstić information content (AvgIpc) is 2.98. The first-order valence-corrected chi connectivity index (χ1v) is 5.41. The molecule has 3 rings (SSSR count). The van der Waals surface area contributed by atoms with Crippen molar-refractivity contribution in [1.82, 2.24) is 0 Å². The molecule has 2 aliphatic heterocycles. The molecule has 7 nitrogen and oxygen atoms in total. The molecule has 0 atom stereocenters. The standard InChI is InChI=1S/C11H10N2O5/c1-16-6-4-7-9(8(5-6)13-15)12-10(14)11(7)17-2-3-18-11/h4-5H,2-3H2,1H3,(H,12,14)/p+1. The normalized spacial score (nSPS) is 19.7. The first kappa shape index (κ1) is 11.1. The van der Waals surface area contributed by atoms with Crippen LogP contribution in [0.25, 0.3) is 0 Å². The summed E-state index contributed by atoms with van der Waals surface area (Å²) in [7, 11) is 1.48. The van der Waals surface area contributed by atoms with Gasteiger partial charge < -0.3 is 19.5 Å². The number of methoxy groups -OCH3 is 1. The Bertz CT molecular complexity index is 536. The molecule has 1 aromatic carbocycles. The smallest absolute Gasteiger partial charge is 0.290 e. The molecule has 1 amide bonds. The lowest BCUT2D eigenvalue weighted by atomic mass is 10.1. The van der Waals surface area contributed by atoms with Crippen LogP contribution in [0.5, 0.6) is 5.75 Å². The van der Waals surface area contributed by atoms with Gasteiger partial charge in [-0.1, -0.05) is 0 Å². The lowest BCUT2D eigenvalue weighted by Crippen LogP contribution is -2.56. The number of benzene rings is 1. The monoisotopic (exact) mass is 251 g/mol. The summed E-state index contributed by atoms with van der Waals surface area (Å²) in [6.45, 7) is 0.647. The quantitative estimate of drug-likeness (QED) is 0.727. The van der Waals surface area contributed by atoms with Gasteiger partial charge in [0, 0.05) is 10.1 Å². The summed E-state index contributed by atoms with van der Waals surface area (Å²) in [5, 5.41) is 4.37. The average molecular weight is 251 g/mol. The van der Waals surface area contributed by atoms with Crippen LogP contribution < -0.4 is 15.2 Å². The Kier molecular flexibility index (Phi) is 2.32. The van der Waals surface area contributed by atoms with E-state index in [4.69, 9.17) is 14.2 Å². The fourth-order valence-corrected chi connectivity index (χ4v) is 2.23. The second-order valence-corrected chi connectivity index (χ2v) is 3.97. The minimum Gasteiger partial charge on any atom is -0.496 e. The number of rotatable bonds is 2. The topological polar surface area (TPSA) is 87.8 Å². The summed E-state index contributed by atoms with van der Waals surface area (Å²) in [5.41, 5.74) is 1.05. The lowest BCUT2D eigenvalue weighted by molar-refractivity contribution is -0.378. The van der Waals surface area contributed by atoms with E-state index in [-0.39, 0.29) is 5.69 Å². The minimum atomic E-state index is -1.45. The molecule has 1 saturated heterocycles. The van der Waals surface area contributed by atoms with Gasteiger partial charge in [-0.2, -0.15) is 0 Å². The van der Waals surface area contributed by atoms with E-state index in [2.05, 4.69) is 5.32 Å². The molecule has 1 aromatic rings. The summed E-state index contributed by atoms with van der Waals surface area (Å²) >= 11 is 0. The molecule has 2 heterocycles. The van der Waals surface area contributed by atoms with Gasteiger partial charge in [0.15, 0.2) is 0 Å². The van der Waals surface area contributed by atoms with Crippen molar-refractivity contribution in [3.8, 4) is 5.75 Å². The number of nitrogens with one attached hydrogen (secondary N) is 2. The molecule has 2 N–H and O–H groups in total. The van der Waals surface area contributed by atoms with Gasteiger partial charge in [0.25, 0.3) is 17.4 Å². The molecular weight excluding hydrogens is 240 g/mol. The molecule has 7 heteroatoms. The maximum Gasteiger partial charge on any atom is 0.290 e. The predicted molar refractivity (Wildman–Crippen MR) is 59.2 cm³/mol. The van der Waals surface area contributed by atoms with Crippen molar-refractivity contribution in [3.63, 3.8) is 0 Å². The third kappa shape index (κ3) is 1.28. The molecular formula is C11H11N2O5+. The lowest BCUT2D eigenvalue weighted by Gasteiger charge is -2.19. The highest BCUT2D eigenvalue weighted by Gasteiger charge is 2.54. The zero-order valence-electron chi connectivity index (χ0n) is 9.61. The van der Waals surface area contributed by atoms with Crippen LogP contribution in [0.15, 0.2) is 12.1 Å². The van der Waals surface area contributed by atoms with Gasteiger partial charge in [-0.3, -0.25) is 4.79 Å². The van der Waals surface area contributed by atoms with Gasteiger partial charge >= 0.3 is 0 Å². The first-order chi connectivity index (χ1) is 8.71. The Morgan fingerprint density at radius 1 is 1.39 bits per heavy atom. The van der Waals surface area contributed by atoms with Crippen molar-refractivity contribution in [2.75, 3.05) is 25.6 Å². The highest BCUT2D eigenvalue weighted by atomic mass is 16.7. The van der Waals surface area contributed by atoms with Gasteiger partial charge in [-0.05, 0) is 6.07 Å². The highest BCUT2D eigenvalue weighted by molar-refractivity contribution is 6.06. The number of carbonyl (C=O) groups is 1. The van der Waals surface area contributed by atoms with Crippen molar-refractivity contribution in [2.45, 2.75) is 5.79 Å². The largest absolute Gasteiger partial charge is 0.496 e. The summed E-state index contributed by atoms with van der Waals surface area (Å²) in [6, 6.07) is 3.12. The van der Waals surface area contributed by atoms with Crippen LogP contribution in [0, 0.1) is 4.91 Å². The number of amides is 1. The van der Waals surface area contributed by atoms with Crippen molar-refractivity contribution < 1.29 is 24.2 Å². The van der Waals surface area contributed by atoms with E-state index in [1.54, 1.807) is 11.2 Å². The van der Waals surface area contributed by atoms with E-state index >= 15 is 0 Å². The molecule has 94 valence electrons. The summed E-state index contributed by atoms with van der Waals surface area (Å²) in [4.78, 5) is 22.9. The molecule has 0 bridgehead atoms. The van der Waals surface area contributed by atoms with Crippen LogP contribution >= 0.6 is 0 Å². The molecule has 0 radical (unpaired) electrons. The Morgan fingerprint density at radius 3 is 2.72 bits per heavy atom. The van der Waals surface area contributed by atoms with Crippen molar-refractivity contribution in [3.05, 3.63) is 22.6 Å². The number of hydrogen-bond acceptors (Lipinski definition) is 5. The summed E-state index contributed by atoms with van der Waals surface area (Å²) in [6.07, 6.45) is 0. The van der Waals surface area contributed by atoms with E-state index in [1.807, 2.05) is 0 Å². The maximum absolute atomic E-state index is 12.0. The molecule has 0 aliphatic carbocycles. The number of hydrogen-bond donors (Lipinski definition) is 2. The zero-order chi connectivity index (χ0) is 12.8. The number of carbonyl (C=O) groups excluding carboxylic acids is 1. The van der Waals surface area contributed by atoms with Crippen molar-refractivity contribution >= 4 is 17.3 Å². The van der Waals surface area contributed by atoms with Gasteiger partial charge in [-0.25, -0.2) is 0 Å². The second kappa shape index (κ2) is 3.76. The molecule has 1 fully saturated rings. The van der Waals surface area contributed by atoms with E-state index < -0.39 is 11.7 Å². The van der Waals surface area contributed by atoms with Crippen LogP contribution in [0.3, 0.4) is 0 Å². The van der Waals surface area contributed by atoms with Gasteiger partial charge in [-0.15, -0.1) is 0 Å². The molecule has 2 aliphatic rings. The number of nitroso groups, excluding NO2 is 1. The van der Waals surface area contributed by atoms with Crippen molar-refractivity contribution in [1.29, 1.82) is 0 Å².